The topological polar surface area (TPSA) is 86.6 Å². The highest BCUT2D eigenvalue weighted by molar-refractivity contribution is 6.33. The smallest absolute Gasteiger partial charge is 0.319 e. The predicted molar refractivity (Wildman–Crippen MR) is 91.2 cm³/mol. The van der Waals surface area contributed by atoms with Crippen LogP contribution in [0, 0.1) is 0 Å². The van der Waals surface area contributed by atoms with Crippen LogP contribution < -0.4 is 20.9 Å². The summed E-state index contributed by atoms with van der Waals surface area (Å²) >= 11 is 6.29. The van der Waals surface area contributed by atoms with Crippen molar-refractivity contribution in [1.82, 2.24) is 10.6 Å². The van der Waals surface area contributed by atoms with Crippen LogP contribution in [-0.4, -0.2) is 31.6 Å². The van der Waals surface area contributed by atoms with Crippen molar-refractivity contribution in [2.75, 3.05) is 29.9 Å². The minimum absolute atomic E-state index is 0.0307. The fourth-order valence-electron chi connectivity index (χ4n) is 2.44. The van der Waals surface area contributed by atoms with Crippen LogP contribution in [0.4, 0.5) is 16.2 Å². The SMILES string of the molecule is O=C1CN(c2ccc(NC(=O)NCc3ccco3)cc2Cl)CCN1. The van der Waals surface area contributed by atoms with E-state index in [-0.39, 0.29) is 18.5 Å². The number of hydrogen-bond donors (Lipinski definition) is 3. The summed E-state index contributed by atoms with van der Waals surface area (Å²) in [5.74, 6) is 0.638. The van der Waals surface area contributed by atoms with E-state index in [1.54, 1.807) is 36.6 Å². The van der Waals surface area contributed by atoms with Gasteiger partial charge in [-0.1, -0.05) is 11.6 Å². The van der Waals surface area contributed by atoms with E-state index >= 15 is 0 Å². The van der Waals surface area contributed by atoms with Gasteiger partial charge in [0.2, 0.25) is 5.91 Å². The molecule has 24 heavy (non-hydrogen) atoms. The van der Waals surface area contributed by atoms with Gasteiger partial charge in [0.1, 0.15) is 5.76 Å². The second kappa shape index (κ2) is 7.27. The quantitative estimate of drug-likeness (QED) is 0.790. The van der Waals surface area contributed by atoms with Gasteiger partial charge in [-0.3, -0.25) is 4.79 Å². The minimum Gasteiger partial charge on any atom is -0.467 e. The fourth-order valence-corrected chi connectivity index (χ4v) is 2.74. The number of anilines is 2. The standard InChI is InChI=1S/C16H17ClN4O3/c17-13-8-11(20-16(23)19-9-12-2-1-7-24-12)3-4-14(13)21-6-5-18-15(22)10-21/h1-4,7-8H,5-6,9-10H2,(H,18,22)(H2,19,20,23). The first-order valence-corrected chi connectivity index (χ1v) is 7.88. The average molecular weight is 349 g/mol. The maximum atomic E-state index is 11.9. The van der Waals surface area contributed by atoms with Gasteiger partial charge in [-0.15, -0.1) is 0 Å². The molecular weight excluding hydrogens is 332 g/mol. The van der Waals surface area contributed by atoms with Gasteiger partial charge in [-0.25, -0.2) is 4.79 Å². The van der Waals surface area contributed by atoms with Crippen molar-refractivity contribution in [3.8, 4) is 0 Å². The Morgan fingerprint density at radius 1 is 1.38 bits per heavy atom. The molecule has 0 unspecified atom stereocenters. The van der Waals surface area contributed by atoms with Gasteiger partial charge in [0.15, 0.2) is 0 Å². The first-order chi connectivity index (χ1) is 11.6. The summed E-state index contributed by atoms with van der Waals surface area (Å²) in [4.78, 5) is 25.3. The molecular formula is C16H17ClN4O3. The van der Waals surface area contributed by atoms with Crippen LogP contribution >= 0.6 is 11.6 Å². The highest BCUT2D eigenvalue weighted by atomic mass is 35.5. The molecule has 2 heterocycles. The molecule has 3 rings (SSSR count). The second-order valence-corrected chi connectivity index (χ2v) is 5.73. The van der Waals surface area contributed by atoms with E-state index in [4.69, 9.17) is 16.0 Å². The van der Waals surface area contributed by atoms with Gasteiger partial charge in [0.05, 0.1) is 30.1 Å². The molecule has 0 atom stereocenters. The number of amides is 3. The Kier molecular flexibility index (Phi) is 4.90. The van der Waals surface area contributed by atoms with Crippen molar-refractivity contribution in [3.05, 3.63) is 47.4 Å². The van der Waals surface area contributed by atoms with Crippen molar-refractivity contribution in [3.63, 3.8) is 0 Å². The van der Waals surface area contributed by atoms with E-state index in [9.17, 15) is 9.59 Å². The normalized spacial score (nSPS) is 14.2. The van der Waals surface area contributed by atoms with Crippen LogP contribution in [0.3, 0.4) is 0 Å². The number of halogens is 1. The molecule has 0 radical (unpaired) electrons. The Bertz CT molecular complexity index is 733. The molecule has 3 amide bonds. The van der Waals surface area contributed by atoms with Gasteiger partial charge in [0.25, 0.3) is 0 Å². The molecule has 0 bridgehead atoms. The Morgan fingerprint density at radius 3 is 2.96 bits per heavy atom. The first-order valence-electron chi connectivity index (χ1n) is 7.50. The third-order valence-corrected chi connectivity index (χ3v) is 3.89. The van der Waals surface area contributed by atoms with E-state index in [1.807, 2.05) is 4.90 Å². The van der Waals surface area contributed by atoms with Crippen LogP contribution in [0.15, 0.2) is 41.0 Å². The van der Waals surface area contributed by atoms with Crippen molar-refractivity contribution in [2.45, 2.75) is 6.54 Å². The lowest BCUT2D eigenvalue weighted by Gasteiger charge is -2.29. The number of urea groups is 1. The molecule has 1 aliphatic heterocycles. The number of rotatable bonds is 4. The Morgan fingerprint density at radius 2 is 2.25 bits per heavy atom. The van der Waals surface area contributed by atoms with Crippen LogP contribution in [0.2, 0.25) is 5.02 Å². The van der Waals surface area contributed by atoms with Crippen LogP contribution in [-0.2, 0) is 11.3 Å². The van der Waals surface area contributed by atoms with Gasteiger partial charge in [0, 0.05) is 18.8 Å². The summed E-state index contributed by atoms with van der Waals surface area (Å²) in [6.07, 6.45) is 1.55. The maximum Gasteiger partial charge on any atom is 0.319 e. The van der Waals surface area contributed by atoms with Crippen LogP contribution in [0.5, 0.6) is 0 Å². The fraction of sp³-hybridized carbons (Fsp3) is 0.250. The molecule has 0 saturated carbocycles. The number of hydrogen-bond acceptors (Lipinski definition) is 4. The predicted octanol–water partition coefficient (Wildman–Crippen LogP) is 2.19. The molecule has 2 aromatic rings. The number of piperazine rings is 1. The third kappa shape index (κ3) is 3.99. The summed E-state index contributed by atoms with van der Waals surface area (Å²) in [7, 11) is 0. The molecule has 1 fully saturated rings. The van der Waals surface area contributed by atoms with Gasteiger partial charge in [-0.2, -0.15) is 0 Å². The molecule has 1 aromatic heterocycles. The number of benzene rings is 1. The molecule has 126 valence electrons. The van der Waals surface area contributed by atoms with E-state index in [0.29, 0.717) is 36.1 Å². The monoisotopic (exact) mass is 348 g/mol. The summed E-state index contributed by atoms with van der Waals surface area (Å²) < 4.78 is 5.14. The van der Waals surface area contributed by atoms with E-state index in [1.165, 1.54) is 0 Å². The third-order valence-electron chi connectivity index (χ3n) is 3.59. The average Bonchev–Trinajstić information content (AvgIpc) is 3.06. The van der Waals surface area contributed by atoms with Crippen LogP contribution in [0.25, 0.3) is 0 Å². The highest BCUT2D eigenvalue weighted by Crippen LogP contribution is 2.29. The summed E-state index contributed by atoms with van der Waals surface area (Å²) in [5.41, 5.74) is 1.34. The van der Waals surface area contributed by atoms with Crippen molar-refractivity contribution < 1.29 is 14.0 Å². The summed E-state index contributed by atoms with van der Waals surface area (Å²) in [6.45, 7) is 1.86. The van der Waals surface area contributed by atoms with E-state index in [2.05, 4.69) is 16.0 Å². The lowest BCUT2D eigenvalue weighted by molar-refractivity contribution is -0.120. The molecule has 0 spiro atoms. The number of nitrogens with one attached hydrogen (secondary N) is 3. The molecule has 1 saturated heterocycles. The lowest BCUT2D eigenvalue weighted by atomic mass is 10.2. The molecule has 0 aliphatic carbocycles. The Hall–Kier alpha value is -2.67. The zero-order chi connectivity index (χ0) is 16.9. The van der Waals surface area contributed by atoms with Crippen molar-refractivity contribution in [2.24, 2.45) is 0 Å². The number of carbonyl (C=O) groups is 2. The maximum absolute atomic E-state index is 11.9. The molecule has 1 aromatic carbocycles. The first kappa shape index (κ1) is 16.2. The van der Waals surface area contributed by atoms with Crippen LogP contribution in [0.1, 0.15) is 5.76 Å². The second-order valence-electron chi connectivity index (χ2n) is 5.32. The summed E-state index contributed by atoms with van der Waals surface area (Å²) in [6, 6.07) is 8.39. The minimum atomic E-state index is -0.354. The van der Waals surface area contributed by atoms with E-state index < -0.39 is 0 Å². The zero-order valence-electron chi connectivity index (χ0n) is 12.8. The van der Waals surface area contributed by atoms with E-state index in [0.717, 1.165) is 5.69 Å². The largest absolute Gasteiger partial charge is 0.467 e. The van der Waals surface area contributed by atoms with Gasteiger partial charge < -0.3 is 25.3 Å². The highest BCUT2D eigenvalue weighted by Gasteiger charge is 2.18. The molecule has 1 aliphatic rings. The molecule has 7 nitrogen and oxygen atoms in total. The lowest BCUT2D eigenvalue weighted by Crippen LogP contribution is -2.47. The molecule has 3 N–H and O–H groups in total. The summed E-state index contributed by atoms with van der Waals surface area (Å²) in [5, 5.41) is 8.64. The number of nitrogens with zero attached hydrogens (tertiary/aromatic N) is 1. The van der Waals surface area contributed by atoms with Crippen molar-refractivity contribution >= 4 is 34.9 Å². The Labute approximate surface area is 144 Å². The Balaban J connectivity index is 1.59. The van der Waals surface area contributed by atoms with Crippen molar-refractivity contribution in [1.29, 1.82) is 0 Å². The van der Waals surface area contributed by atoms with Gasteiger partial charge in [-0.05, 0) is 30.3 Å². The number of furan rings is 1. The molecule has 8 heteroatoms. The zero-order valence-corrected chi connectivity index (χ0v) is 13.6. The number of carbonyl (C=O) groups excluding carboxylic acids is 2. The van der Waals surface area contributed by atoms with Gasteiger partial charge >= 0.3 is 6.03 Å².